The maximum atomic E-state index is 12.6. The number of halogens is 2. The van der Waals surface area contributed by atoms with E-state index >= 15 is 0 Å². The highest BCUT2D eigenvalue weighted by atomic mass is 19.3. The summed E-state index contributed by atoms with van der Waals surface area (Å²) < 4.78 is 29.5. The van der Waals surface area contributed by atoms with Gasteiger partial charge in [0.05, 0.1) is 6.04 Å². The first-order valence-corrected chi connectivity index (χ1v) is 8.73. The molecular weight excluding hydrogens is 338 g/mol. The lowest BCUT2D eigenvalue weighted by molar-refractivity contribution is 0.0818. The van der Waals surface area contributed by atoms with Gasteiger partial charge in [0.25, 0.3) is 6.43 Å². The van der Waals surface area contributed by atoms with Crippen LogP contribution in [0.2, 0.25) is 0 Å². The average molecular weight is 360 g/mol. The van der Waals surface area contributed by atoms with Gasteiger partial charge in [-0.05, 0) is 36.1 Å². The van der Waals surface area contributed by atoms with Gasteiger partial charge in [-0.2, -0.15) is 0 Å². The van der Waals surface area contributed by atoms with E-state index in [2.05, 4.69) is 5.32 Å². The van der Waals surface area contributed by atoms with Gasteiger partial charge in [0.15, 0.2) is 0 Å². The monoisotopic (exact) mass is 360 g/mol. The van der Waals surface area contributed by atoms with Crippen molar-refractivity contribution in [1.29, 1.82) is 0 Å². The molecule has 3 rings (SSSR count). The summed E-state index contributed by atoms with van der Waals surface area (Å²) in [7, 11) is 0. The van der Waals surface area contributed by atoms with Crippen molar-refractivity contribution in [3.8, 4) is 5.75 Å². The van der Waals surface area contributed by atoms with E-state index in [1.807, 2.05) is 41.3 Å². The maximum Gasteiger partial charge on any atom is 0.318 e. The zero-order chi connectivity index (χ0) is 18.4. The van der Waals surface area contributed by atoms with E-state index < -0.39 is 13.0 Å². The molecule has 0 aromatic heterocycles. The predicted molar refractivity (Wildman–Crippen MR) is 95.3 cm³/mol. The zero-order valence-corrected chi connectivity index (χ0v) is 14.4. The van der Waals surface area contributed by atoms with E-state index in [0.717, 1.165) is 30.5 Å². The molecule has 2 aromatic carbocycles. The molecule has 138 valence electrons. The fraction of sp³-hybridized carbons (Fsp3) is 0.350. The number of hydrogen-bond donors (Lipinski definition) is 1. The topological polar surface area (TPSA) is 41.6 Å². The van der Waals surface area contributed by atoms with Gasteiger partial charge in [-0.1, -0.05) is 42.5 Å². The second-order valence-corrected chi connectivity index (χ2v) is 6.27. The Labute approximate surface area is 151 Å². The van der Waals surface area contributed by atoms with Crippen LogP contribution in [0.25, 0.3) is 0 Å². The van der Waals surface area contributed by atoms with Crippen LogP contribution in [0.15, 0.2) is 54.6 Å². The van der Waals surface area contributed by atoms with Crippen LogP contribution in [0.3, 0.4) is 0 Å². The molecular formula is C20H22F2N2O2. The Morgan fingerprint density at radius 1 is 1.19 bits per heavy atom. The first-order chi connectivity index (χ1) is 12.6. The molecule has 1 heterocycles. The standard InChI is InChI=1S/C20H22F2N2O2/c21-19(22)14-26-17-9-4-6-15(12-17)13-23-20(25)24-11-5-10-18(24)16-7-2-1-3-8-16/h1-4,6-9,12,18-19H,5,10-11,13-14H2,(H,23,25). The van der Waals surface area contributed by atoms with Gasteiger partial charge in [-0.25, -0.2) is 13.6 Å². The Morgan fingerprint density at radius 3 is 2.77 bits per heavy atom. The minimum atomic E-state index is -2.51. The van der Waals surface area contributed by atoms with E-state index in [4.69, 9.17) is 4.74 Å². The number of nitrogens with zero attached hydrogens (tertiary/aromatic N) is 1. The largest absolute Gasteiger partial charge is 0.488 e. The number of urea groups is 1. The number of hydrogen-bond acceptors (Lipinski definition) is 2. The molecule has 0 bridgehead atoms. The molecule has 26 heavy (non-hydrogen) atoms. The summed E-state index contributed by atoms with van der Waals surface area (Å²) in [5.41, 5.74) is 1.95. The van der Waals surface area contributed by atoms with Crippen LogP contribution in [0.5, 0.6) is 5.75 Å². The second-order valence-electron chi connectivity index (χ2n) is 6.27. The molecule has 0 spiro atoms. The van der Waals surface area contributed by atoms with Gasteiger partial charge in [0.2, 0.25) is 0 Å². The van der Waals surface area contributed by atoms with E-state index in [-0.39, 0.29) is 12.1 Å². The Balaban J connectivity index is 1.57. The van der Waals surface area contributed by atoms with Crippen molar-refractivity contribution in [3.63, 3.8) is 0 Å². The van der Waals surface area contributed by atoms with Crippen LogP contribution >= 0.6 is 0 Å². The summed E-state index contributed by atoms with van der Waals surface area (Å²) in [6, 6.07) is 16.8. The lowest BCUT2D eigenvalue weighted by Crippen LogP contribution is -2.39. The Bertz CT molecular complexity index is 725. The molecule has 1 aliphatic heterocycles. The summed E-state index contributed by atoms with van der Waals surface area (Å²) in [6.45, 7) is 0.411. The second kappa shape index (κ2) is 8.65. The van der Waals surface area contributed by atoms with Crippen molar-refractivity contribution in [1.82, 2.24) is 10.2 Å². The van der Waals surface area contributed by atoms with Gasteiger partial charge >= 0.3 is 6.03 Å². The molecule has 2 aromatic rings. The van der Waals surface area contributed by atoms with E-state index in [9.17, 15) is 13.6 Å². The van der Waals surface area contributed by atoms with Crippen molar-refractivity contribution >= 4 is 6.03 Å². The van der Waals surface area contributed by atoms with Crippen molar-refractivity contribution in [2.24, 2.45) is 0 Å². The normalized spacial score (nSPS) is 16.7. The van der Waals surface area contributed by atoms with E-state index in [1.54, 1.807) is 18.2 Å². The molecule has 1 aliphatic rings. The fourth-order valence-corrected chi connectivity index (χ4v) is 3.22. The molecule has 0 aliphatic carbocycles. The zero-order valence-electron chi connectivity index (χ0n) is 14.4. The number of nitrogens with one attached hydrogen (secondary N) is 1. The fourth-order valence-electron chi connectivity index (χ4n) is 3.22. The third-order valence-electron chi connectivity index (χ3n) is 4.42. The Morgan fingerprint density at radius 2 is 2.00 bits per heavy atom. The summed E-state index contributed by atoms with van der Waals surface area (Å²) >= 11 is 0. The highest BCUT2D eigenvalue weighted by Crippen LogP contribution is 2.31. The van der Waals surface area contributed by atoms with Crippen LogP contribution in [-0.2, 0) is 6.54 Å². The smallest absolute Gasteiger partial charge is 0.318 e. The third kappa shape index (κ3) is 4.71. The number of alkyl halides is 2. The predicted octanol–water partition coefficient (Wildman–Crippen LogP) is 4.38. The van der Waals surface area contributed by atoms with E-state index in [1.165, 1.54) is 0 Å². The van der Waals surface area contributed by atoms with Gasteiger partial charge in [0.1, 0.15) is 12.4 Å². The van der Waals surface area contributed by atoms with Crippen LogP contribution < -0.4 is 10.1 Å². The molecule has 1 atom stereocenters. The molecule has 1 saturated heterocycles. The number of ether oxygens (including phenoxy) is 1. The van der Waals surface area contributed by atoms with Gasteiger partial charge in [0, 0.05) is 13.1 Å². The molecule has 4 nitrogen and oxygen atoms in total. The van der Waals surface area contributed by atoms with Crippen LogP contribution in [-0.4, -0.2) is 30.5 Å². The number of carbonyl (C=O) groups excluding carboxylic acids is 1. The van der Waals surface area contributed by atoms with Crippen LogP contribution in [0.4, 0.5) is 13.6 Å². The molecule has 6 heteroatoms. The number of rotatable bonds is 6. The quantitative estimate of drug-likeness (QED) is 0.831. The lowest BCUT2D eigenvalue weighted by atomic mass is 10.1. The van der Waals surface area contributed by atoms with Crippen LogP contribution in [0, 0.1) is 0 Å². The van der Waals surface area contributed by atoms with Crippen molar-refractivity contribution in [2.45, 2.75) is 31.9 Å². The highest BCUT2D eigenvalue weighted by Gasteiger charge is 2.29. The minimum Gasteiger partial charge on any atom is -0.488 e. The first-order valence-electron chi connectivity index (χ1n) is 8.73. The number of carbonyl (C=O) groups is 1. The van der Waals surface area contributed by atoms with Crippen molar-refractivity contribution < 1.29 is 18.3 Å². The molecule has 0 radical (unpaired) electrons. The molecule has 2 amide bonds. The lowest BCUT2D eigenvalue weighted by Gasteiger charge is -2.25. The number of amides is 2. The average Bonchev–Trinajstić information content (AvgIpc) is 3.15. The first kappa shape index (κ1) is 18.2. The van der Waals surface area contributed by atoms with Crippen LogP contribution in [0.1, 0.15) is 30.0 Å². The van der Waals surface area contributed by atoms with Crippen molar-refractivity contribution in [3.05, 3.63) is 65.7 Å². The van der Waals surface area contributed by atoms with E-state index in [0.29, 0.717) is 12.3 Å². The van der Waals surface area contributed by atoms with Gasteiger partial charge in [-0.3, -0.25) is 0 Å². The number of likely N-dealkylation sites (tertiary alicyclic amines) is 1. The Hall–Kier alpha value is -2.63. The SMILES string of the molecule is O=C(NCc1cccc(OCC(F)F)c1)N1CCCC1c1ccccc1. The molecule has 0 saturated carbocycles. The minimum absolute atomic E-state index is 0.0944. The van der Waals surface area contributed by atoms with Gasteiger partial charge in [-0.15, -0.1) is 0 Å². The summed E-state index contributed by atoms with van der Waals surface area (Å²) in [6.07, 6.45) is -0.582. The molecule has 1 N–H and O–H groups in total. The highest BCUT2D eigenvalue weighted by molar-refractivity contribution is 5.75. The summed E-state index contributed by atoms with van der Waals surface area (Å²) in [4.78, 5) is 14.4. The molecule has 1 fully saturated rings. The maximum absolute atomic E-state index is 12.6. The Kier molecular flexibility index (Phi) is 6.04. The summed E-state index contributed by atoms with van der Waals surface area (Å²) in [5, 5.41) is 2.92. The molecule has 1 unspecified atom stereocenters. The summed E-state index contributed by atoms with van der Waals surface area (Å²) in [5.74, 6) is 0.375. The number of benzene rings is 2. The van der Waals surface area contributed by atoms with Crippen molar-refractivity contribution in [2.75, 3.05) is 13.2 Å². The van der Waals surface area contributed by atoms with Gasteiger partial charge < -0.3 is 15.0 Å². The third-order valence-corrected chi connectivity index (χ3v) is 4.42.